The van der Waals surface area contributed by atoms with Gasteiger partial charge in [-0.05, 0) is 26.2 Å². The van der Waals surface area contributed by atoms with Crippen LogP contribution in [0, 0.1) is 6.92 Å². The molecular weight excluding hydrogens is 324 g/mol. The summed E-state index contributed by atoms with van der Waals surface area (Å²) in [4.78, 5) is 16.6. The van der Waals surface area contributed by atoms with Crippen molar-refractivity contribution in [1.82, 2.24) is 14.6 Å². The predicted octanol–water partition coefficient (Wildman–Crippen LogP) is 0.968. The lowest BCUT2D eigenvalue weighted by Gasteiger charge is -2.33. The van der Waals surface area contributed by atoms with Crippen LogP contribution in [-0.4, -0.2) is 49.0 Å². The van der Waals surface area contributed by atoms with Crippen LogP contribution < -0.4 is 11.1 Å². The molecule has 22 heavy (non-hydrogen) atoms. The highest BCUT2D eigenvalue weighted by atomic mass is 32.2. The second-order valence-corrected chi connectivity index (χ2v) is 8.50. The summed E-state index contributed by atoms with van der Waals surface area (Å²) < 4.78 is 25.1. The van der Waals surface area contributed by atoms with Crippen molar-refractivity contribution >= 4 is 32.4 Å². The molecule has 1 aromatic rings. The van der Waals surface area contributed by atoms with Crippen LogP contribution >= 0.6 is 11.3 Å². The summed E-state index contributed by atoms with van der Waals surface area (Å²) in [5.41, 5.74) is 6.20. The predicted molar refractivity (Wildman–Crippen MR) is 87.4 cm³/mol. The lowest BCUT2D eigenvalue weighted by atomic mass is 10.0. The summed E-state index contributed by atoms with van der Waals surface area (Å²) in [6.45, 7) is 2.75. The van der Waals surface area contributed by atoms with Crippen LogP contribution in [0.15, 0.2) is 0 Å². The summed E-state index contributed by atoms with van der Waals surface area (Å²) in [5.74, 6) is -0.201. The zero-order chi connectivity index (χ0) is 16.3. The molecule has 0 unspecified atom stereocenters. The number of nitrogen functional groups attached to an aromatic ring is 1. The van der Waals surface area contributed by atoms with Crippen LogP contribution in [0.4, 0.5) is 5.13 Å². The van der Waals surface area contributed by atoms with Gasteiger partial charge in [-0.1, -0.05) is 17.8 Å². The minimum atomic E-state index is -3.19. The number of hydrogen-bond donors (Lipinski definition) is 2. The third kappa shape index (κ3) is 4.17. The number of thiazole rings is 1. The van der Waals surface area contributed by atoms with E-state index in [9.17, 15) is 13.2 Å². The SMILES string of the molecule is Cc1nc(N)sc1C(=O)NCC[C@@H]1CCCCN1S(C)(=O)=O. The molecule has 1 aliphatic heterocycles. The van der Waals surface area contributed by atoms with Gasteiger partial charge in [0.1, 0.15) is 4.88 Å². The largest absolute Gasteiger partial charge is 0.375 e. The van der Waals surface area contributed by atoms with Crippen molar-refractivity contribution < 1.29 is 13.2 Å². The summed E-state index contributed by atoms with van der Waals surface area (Å²) in [7, 11) is -3.19. The highest BCUT2D eigenvalue weighted by Crippen LogP contribution is 2.22. The van der Waals surface area contributed by atoms with Gasteiger partial charge < -0.3 is 11.1 Å². The first-order valence-corrected chi connectivity index (χ1v) is 9.93. The number of rotatable bonds is 5. The number of nitrogens with zero attached hydrogens (tertiary/aromatic N) is 2. The molecule has 1 atom stereocenters. The molecule has 3 N–H and O–H groups in total. The summed E-state index contributed by atoms with van der Waals surface area (Å²) in [6, 6.07) is -0.0309. The van der Waals surface area contributed by atoms with Gasteiger partial charge in [0, 0.05) is 19.1 Å². The van der Waals surface area contributed by atoms with Gasteiger partial charge in [-0.15, -0.1) is 0 Å². The molecule has 2 heterocycles. The summed E-state index contributed by atoms with van der Waals surface area (Å²) in [5, 5.41) is 3.20. The van der Waals surface area contributed by atoms with Crippen molar-refractivity contribution in [2.75, 3.05) is 25.1 Å². The second kappa shape index (κ2) is 6.93. The van der Waals surface area contributed by atoms with E-state index in [-0.39, 0.29) is 11.9 Å². The van der Waals surface area contributed by atoms with Crippen molar-refractivity contribution in [3.63, 3.8) is 0 Å². The number of aryl methyl sites for hydroxylation is 1. The smallest absolute Gasteiger partial charge is 0.263 e. The number of carbonyl (C=O) groups is 1. The molecule has 0 aromatic carbocycles. The van der Waals surface area contributed by atoms with Gasteiger partial charge in [0.2, 0.25) is 10.0 Å². The minimum Gasteiger partial charge on any atom is -0.375 e. The van der Waals surface area contributed by atoms with E-state index >= 15 is 0 Å². The molecule has 7 nitrogen and oxygen atoms in total. The molecule has 2 rings (SSSR count). The van der Waals surface area contributed by atoms with Crippen molar-refractivity contribution in [3.8, 4) is 0 Å². The average Bonchev–Trinajstić information content (AvgIpc) is 2.77. The number of sulfonamides is 1. The highest BCUT2D eigenvalue weighted by molar-refractivity contribution is 7.88. The molecule has 1 fully saturated rings. The Hall–Kier alpha value is -1.19. The summed E-state index contributed by atoms with van der Waals surface area (Å²) >= 11 is 1.16. The Bertz CT molecular complexity index is 642. The molecule has 0 radical (unpaired) electrons. The molecule has 1 aliphatic rings. The first-order chi connectivity index (χ1) is 10.3. The quantitative estimate of drug-likeness (QED) is 0.826. The number of piperidine rings is 1. The maximum atomic E-state index is 12.1. The van der Waals surface area contributed by atoms with Crippen LogP contribution in [0.2, 0.25) is 0 Å². The Morgan fingerprint density at radius 1 is 1.50 bits per heavy atom. The number of nitrogens with one attached hydrogen (secondary N) is 1. The van der Waals surface area contributed by atoms with E-state index < -0.39 is 10.0 Å². The Morgan fingerprint density at radius 2 is 2.23 bits per heavy atom. The van der Waals surface area contributed by atoms with Gasteiger partial charge in [0.25, 0.3) is 5.91 Å². The van der Waals surface area contributed by atoms with Gasteiger partial charge in [-0.2, -0.15) is 4.31 Å². The van der Waals surface area contributed by atoms with Crippen molar-refractivity contribution in [2.45, 2.75) is 38.6 Å². The van der Waals surface area contributed by atoms with Gasteiger partial charge in [-0.3, -0.25) is 4.79 Å². The molecule has 1 amide bonds. The molecule has 0 aliphatic carbocycles. The molecule has 124 valence electrons. The fraction of sp³-hybridized carbons (Fsp3) is 0.692. The maximum Gasteiger partial charge on any atom is 0.263 e. The van der Waals surface area contributed by atoms with Crippen molar-refractivity contribution in [1.29, 1.82) is 0 Å². The minimum absolute atomic E-state index is 0.0309. The second-order valence-electron chi connectivity index (χ2n) is 5.53. The first kappa shape index (κ1) is 17.2. The van der Waals surface area contributed by atoms with E-state index in [1.54, 1.807) is 11.2 Å². The molecule has 0 bridgehead atoms. The van der Waals surface area contributed by atoms with Gasteiger partial charge in [-0.25, -0.2) is 13.4 Å². The fourth-order valence-corrected chi connectivity index (χ4v) is 4.72. The molecule has 0 spiro atoms. The van der Waals surface area contributed by atoms with Crippen LogP contribution in [0.3, 0.4) is 0 Å². The molecule has 1 aromatic heterocycles. The fourth-order valence-electron chi connectivity index (χ4n) is 2.76. The lowest BCUT2D eigenvalue weighted by Crippen LogP contribution is -2.44. The molecule has 9 heteroatoms. The van der Waals surface area contributed by atoms with E-state index in [1.807, 2.05) is 0 Å². The number of anilines is 1. The Morgan fingerprint density at radius 3 is 2.82 bits per heavy atom. The van der Waals surface area contributed by atoms with Crippen LogP contribution in [0.25, 0.3) is 0 Å². The standard InChI is InChI=1S/C13H22N4O3S2/c1-9-11(21-13(14)16-9)12(18)15-7-6-10-5-3-4-8-17(10)22(2,19)20/h10H,3-8H2,1-2H3,(H2,14,16)(H,15,18)/t10-/m0/s1. The zero-order valence-corrected chi connectivity index (χ0v) is 14.5. The molecular formula is C13H22N4O3S2. The monoisotopic (exact) mass is 346 g/mol. The molecule has 0 saturated carbocycles. The number of hydrogen-bond acceptors (Lipinski definition) is 6. The zero-order valence-electron chi connectivity index (χ0n) is 12.8. The van der Waals surface area contributed by atoms with E-state index in [0.717, 1.165) is 30.6 Å². The Labute approximate surface area is 135 Å². The van der Waals surface area contributed by atoms with Crippen LogP contribution in [0.5, 0.6) is 0 Å². The average molecular weight is 346 g/mol. The van der Waals surface area contributed by atoms with Crippen molar-refractivity contribution in [2.24, 2.45) is 0 Å². The normalized spacial score (nSPS) is 20.0. The third-order valence-electron chi connectivity index (χ3n) is 3.78. The molecule has 1 saturated heterocycles. The number of amides is 1. The third-order valence-corrected chi connectivity index (χ3v) is 6.10. The van der Waals surface area contributed by atoms with Gasteiger partial charge in [0.15, 0.2) is 5.13 Å². The first-order valence-electron chi connectivity index (χ1n) is 7.27. The van der Waals surface area contributed by atoms with E-state index in [4.69, 9.17) is 5.73 Å². The van der Waals surface area contributed by atoms with Crippen molar-refractivity contribution in [3.05, 3.63) is 10.6 Å². The number of aromatic nitrogens is 1. The Balaban J connectivity index is 1.89. The van der Waals surface area contributed by atoms with Gasteiger partial charge in [0.05, 0.1) is 11.9 Å². The van der Waals surface area contributed by atoms with E-state index in [2.05, 4.69) is 10.3 Å². The Kier molecular flexibility index (Phi) is 5.41. The lowest BCUT2D eigenvalue weighted by molar-refractivity contribution is 0.0953. The van der Waals surface area contributed by atoms with E-state index in [1.165, 1.54) is 6.26 Å². The number of carbonyl (C=O) groups excluding carboxylic acids is 1. The topological polar surface area (TPSA) is 105 Å². The van der Waals surface area contributed by atoms with Crippen LogP contribution in [-0.2, 0) is 10.0 Å². The highest BCUT2D eigenvalue weighted by Gasteiger charge is 2.29. The number of nitrogens with two attached hydrogens (primary N) is 1. The van der Waals surface area contributed by atoms with E-state index in [0.29, 0.717) is 35.2 Å². The van der Waals surface area contributed by atoms with Crippen LogP contribution in [0.1, 0.15) is 41.0 Å². The maximum absolute atomic E-state index is 12.1. The summed E-state index contributed by atoms with van der Waals surface area (Å²) in [6.07, 6.45) is 4.62. The van der Waals surface area contributed by atoms with Gasteiger partial charge >= 0.3 is 0 Å².